The zero-order valence-electron chi connectivity index (χ0n) is 18.0. The number of carbonyl (C=O) groups is 3. The monoisotopic (exact) mass is 479 g/mol. The van der Waals surface area contributed by atoms with E-state index in [1.54, 1.807) is 30.3 Å². The molecule has 168 valence electrons. The number of imide groups is 1. The number of amides is 2. The van der Waals surface area contributed by atoms with Crippen LogP contribution >= 0.6 is 23.4 Å². The highest BCUT2D eigenvalue weighted by Gasteiger charge is 2.36. The summed E-state index contributed by atoms with van der Waals surface area (Å²) in [6.45, 7) is 2.33. The fraction of sp³-hybridized carbons (Fsp3) is 0.192. The van der Waals surface area contributed by atoms with Crippen molar-refractivity contribution in [1.29, 1.82) is 0 Å². The summed E-state index contributed by atoms with van der Waals surface area (Å²) in [5.74, 6) is -0.157. The first-order valence-corrected chi connectivity index (χ1v) is 11.9. The van der Waals surface area contributed by atoms with Gasteiger partial charge in [-0.05, 0) is 65.4 Å². The molecule has 1 fully saturated rings. The molecule has 1 aliphatic rings. The SMILES string of the molecule is CCCCOc1ccc2ccccc2c1/C=C1\SC(=O)N(CC(=O)c2ccc(Cl)cc2)C1=O. The molecule has 0 aromatic heterocycles. The van der Waals surface area contributed by atoms with E-state index in [1.807, 2.05) is 36.4 Å². The molecule has 5 nitrogen and oxygen atoms in total. The van der Waals surface area contributed by atoms with Gasteiger partial charge < -0.3 is 4.74 Å². The third kappa shape index (κ3) is 5.13. The van der Waals surface area contributed by atoms with Gasteiger partial charge in [-0.3, -0.25) is 19.3 Å². The van der Waals surface area contributed by atoms with Gasteiger partial charge in [0.25, 0.3) is 11.1 Å². The predicted octanol–water partition coefficient (Wildman–Crippen LogP) is 6.59. The van der Waals surface area contributed by atoms with Crippen molar-refractivity contribution in [3.63, 3.8) is 0 Å². The van der Waals surface area contributed by atoms with Gasteiger partial charge in [0.15, 0.2) is 5.78 Å². The van der Waals surface area contributed by atoms with Crippen LogP contribution in [0, 0.1) is 0 Å². The first-order valence-electron chi connectivity index (χ1n) is 10.7. The van der Waals surface area contributed by atoms with E-state index in [1.165, 1.54) is 0 Å². The summed E-state index contributed by atoms with van der Waals surface area (Å²) in [6, 6.07) is 18.0. The second-order valence-corrected chi connectivity index (χ2v) is 9.03. The number of nitrogens with zero attached hydrogens (tertiary/aromatic N) is 1. The molecule has 0 unspecified atom stereocenters. The van der Waals surface area contributed by atoms with E-state index in [9.17, 15) is 14.4 Å². The van der Waals surface area contributed by atoms with Gasteiger partial charge in [0.2, 0.25) is 0 Å². The second kappa shape index (κ2) is 10.2. The fourth-order valence-corrected chi connectivity index (χ4v) is 4.46. The molecule has 0 N–H and O–H groups in total. The number of ketones is 1. The van der Waals surface area contributed by atoms with Crippen molar-refractivity contribution in [1.82, 2.24) is 4.90 Å². The minimum atomic E-state index is -0.486. The van der Waals surface area contributed by atoms with Gasteiger partial charge in [0, 0.05) is 16.1 Å². The van der Waals surface area contributed by atoms with Crippen molar-refractivity contribution in [3.05, 3.63) is 81.7 Å². The van der Waals surface area contributed by atoms with Crippen LogP contribution in [0.1, 0.15) is 35.7 Å². The van der Waals surface area contributed by atoms with Crippen LogP contribution in [0.15, 0.2) is 65.6 Å². The molecule has 0 radical (unpaired) electrons. The van der Waals surface area contributed by atoms with E-state index in [0.29, 0.717) is 22.9 Å². The van der Waals surface area contributed by atoms with Crippen LogP contribution in [-0.4, -0.2) is 35.0 Å². The molecule has 0 atom stereocenters. The second-order valence-electron chi connectivity index (χ2n) is 7.60. The molecule has 1 aliphatic heterocycles. The molecule has 1 saturated heterocycles. The molecule has 3 aromatic carbocycles. The lowest BCUT2D eigenvalue weighted by Gasteiger charge is -2.13. The van der Waals surface area contributed by atoms with Gasteiger partial charge in [-0.25, -0.2) is 0 Å². The summed E-state index contributed by atoms with van der Waals surface area (Å²) in [5, 5.41) is 1.97. The minimum Gasteiger partial charge on any atom is -0.493 e. The maximum absolute atomic E-state index is 13.1. The Hall–Kier alpha value is -3.09. The van der Waals surface area contributed by atoms with Crippen molar-refractivity contribution in [2.45, 2.75) is 19.8 Å². The standard InChI is InChI=1S/C26H22ClNO4S/c1-2-3-14-32-23-13-10-17-6-4-5-7-20(17)21(23)15-24-25(30)28(26(31)33-24)16-22(29)18-8-11-19(27)12-9-18/h4-13,15H,2-3,14,16H2,1H3/b24-15-. The number of carbonyl (C=O) groups excluding carboxylic acids is 3. The topological polar surface area (TPSA) is 63.7 Å². The largest absolute Gasteiger partial charge is 0.493 e. The highest BCUT2D eigenvalue weighted by atomic mass is 35.5. The smallest absolute Gasteiger partial charge is 0.293 e. The Kier molecular flexibility index (Phi) is 7.16. The molecule has 7 heteroatoms. The number of halogens is 1. The van der Waals surface area contributed by atoms with Crippen molar-refractivity contribution >= 4 is 57.1 Å². The lowest BCUT2D eigenvalue weighted by molar-refractivity contribution is -0.122. The zero-order valence-corrected chi connectivity index (χ0v) is 19.6. The number of benzene rings is 3. The third-order valence-corrected chi connectivity index (χ3v) is 6.46. The quantitative estimate of drug-likeness (QED) is 0.207. The first-order chi connectivity index (χ1) is 16.0. The fourth-order valence-electron chi connectivity index (χ4n) is 3.51. The van der Waals surface area contributed by atoms with Crippen LogP contribution in [-0.2, 0) is 4.79 Å². The van der Waals surface area contributed by atoms with Gasteiger partial charge in [0.1, 0.15) is 5.75 Å². The Morgan fingerprint density at radius 3 is 2.58 bits per heavy atom. The maximum atomic E-state index is 13.1. The van der Waals surface area contributed by atoms with E-state index in [-0.39, 0.29) is 17.2 Å². The van der Waals surface area contributed by atoms with Gasteiger partial charge in [0.05, 0.1) is 18.1 Å². The molecule has 0 bridgehead atoms. The number of ether oxygens (including phenoxy) is 1. The number of Topliss-reactive ketones (excluding diaryl/α,β-unsaturated/α-hetero) is 1. The maximum Gasteiger partial charge on any atom is 0.293 e. The summed E-state index contributed by atoms with van der Waals surface area (Å²) < 4.78 is 5.99. The molecule has 1 heterocycles. The molecule has 2 amide bonds. The number of unbranched alkanes of at least 4 members (excludes halogenated alkanes) is 1. The molecule has 0 aliphatic carbocycles. The van der Waals surface area contributed by atoms with Crippen LogP contribution in [0.5, 0.6) is 5.75 Å². The van der Waals surface area contributed by atoms with Crippen LogP contribution in [0.25, 0.3) is 16.8 Å². The van der Waals surface area contributed by atoms with Gasteiger partial charge >= 0.3 is 0 Å². The molecular formula is C26H22ClNO4S. The average Bonchev–Trinajstić information content (AvgIpc) is 3.08. The van der Waals surface area contributed by atoms with Crippen LogP contribution in [0.3, 0.4) is 0 Å². The highest BCUT2D eigenvalue weighted by molar-refractivity contribution is 8.18. The number of rotatable bonds is 8. The zero-order chi connectivity index (χ0) is 23.4. The first kappa shape index (κ1) is 23.1. The summed E-state index contributed by atoms with van der Waals surface area (Å²) in [6.07, 6.45) is 3.61. The summed E-state index contributed by atoms with van der Waals surface area (Å²) in [7, 11) is 0. The van der Waals surface area contributed by atoms with E-state index in [2.05, 4.69) is 6.92 Å². The van der Waals surface area contributed by atoms with Crippen molar-refractivity contribution in [3.8, 4) is 5.75 Å². The molecule has 4 rings (SSSR count). The van der Waals surface area contributed by atoms with Gasteiger partial charge in [-0.1, -0.05) is 55.3 Å². The van der Waals surface area contributed by atoms with E-state index in [0.717, 1.165) is 45.8 Å². The van der Waals surface area contributed by atoms with Gasteiger partial charge in [-0.2, -0.15) is 0 Å². The molecular weight excluding hydrogens is 458 g/mol. The van der Waals surface area contributed by atoms with Crippen LogP contribution in [0.4, 0.5) is 4.79 Å². The summed E-state index contributed by atoms with van der Waals surface area (Å²) in [5.41, 5.74) is 1.14. The minimum absolute atomic E-state index is 0.264. The Bertz CT molecular complexity index is 1250. The van der Waals surface area contributed by atoms with Crippen LogP contribution < -0.4 is 4.74 Å². The molecule has 0 saturated carbocycles. The Morgan fingerprint density at radius 2 is 1.82 bits per heavy atom. The average molecular weight is 480 g/mol. The van der Waals surface area contributed by atoms with E-state index >= 15 is 0 Å². The predicted molar refractivity (Wildman–Crippen MR) is 133 cm³/mol. The van der Waals surface area contributed by atoms with Crippen molar-refractivity contribution < 1.29 is 19.1 Å². The lowest BCUT2D eigenvalue weighted by atomic mass is 10.0. The molecule has 33 heavy (non-hydrogen) atoms. The van der Waals surface area contributed by atoms with Gasteiger partial charge in [-0.15, -0.1) is 0 Å². The summed E-state index contributed by atoms with van der Waals surface area (Å²) >= 11 is 6.70. The Balaban J connectivity index is 1.63. The third-order valence-electron chi connectivity index (χ3n) is 5.30. The Labute approximate surface area is 201 Å². The Morgan fingerprint density at radius 1 is 1.06 bits per heavy atom. The number of thioether (sulfide) groups is 1. The molecule has 3 aromatic rings. The number of fused-ring (bicyclic) bond motifs is 1. The normalized spacial score (nSPS) is 15.0. The number of hydrogen-bond acceptors (Lipinski definition) is 5. The van der Waals surface area contributed by atoms with Crippen LogP contribution in [0.2, 0.25) is 5.02 Å². The highest BCUT2D eigenvalue weighted by Crippen LogP contribution is 2.37. The van der Waals surface area contributed by atoms with Crippen molar-refractivity contribution in [2.75, 3.05) is 13.2 Å². The van der Waals surface area contributed by atoms with E-state index < -0.39 is 11.1 Å². The van der Waals surface area contributed by atoms with Crippen molar-refractivity contribution in [2.24, 2.45) is 0 Å². The molecule has 0 spiro atoms. The lowest BCUT2D eigenvalue weighted by Crippen LogP contribution is -2.33. The number of hydrogen-bond donors (Lipinski definition) is 0. The van der Waals surface area contributed by atoms with E-state index in [4.69, 9.17) is 16.3 Å². The summed E-state index contributed by atoms with van der Waals surface area (Å²) in [4.78, 5) is 39.5.